The number of aromatic nitrogens is 3. The normalized spacial score (nSPS) is 28.3. The van der Waals surface area contributed by atoms with Crippen LogP contribution in [0.15, 0.2) is 11.0 Å². The van der Waals surface area contributed by atoms with Gasteiger partial charge >= 0.3 is 23.5 Å². The Balaban J connectivity index is 1.96. The number of hydrogen-bond acceptors (Lipinski definition) is 11. The van der Waals surface area contributed by atoms with Crippen LogP contribution in [0.4, 0.5) is 10.3 Å². The summed E-state index contributed by atoms with van der Waals surface area (Å²) in [6.07, 6.45) is -6.41. The minimum atomic E-state index is -5.84. The van der Waals surface area contributed by atoms with E-state index in [4.69, 9.17) is 43.5 Å². The Morgan fingerprint density at radius 2 is 1.92 bits per heavy atom. The Hall–Kier alpha value is -1.38. The lowest BCUT2D eigenvalue weighted by molar-refractivity contribution is -0.0728. The quantitative estimate of drug-likeness (QED) is 0.120. The molecule has 0 radical (unpaired) electrons. The summed E-state index contributed by atoms with van der Waals surface area (Å²) in [4.78, 5) is 52.1. The molecule has 1 saturated heterocycles. The van der Waals surface area contributed by atoms with Gasteiger partial charge in [-0.2, -0.15) is 13.6 Å². The molecule has 2 aromatic heterocycles. The van der Waals surface area contributed by atoms with Crippen molar-refractivity contribution < 1.29 is 60.6 Å². The fourth-order valence-electron chi connectivity index (χ4n) is 3.43. The molecule has 0 aromatic carbocycles. The molecule has 3 unspecified atom stereocenters. The molecule has 206 valence electrons. The van der Waals surface area contributed by atoms with E-state index < -0.39 is 81.2 Å². The molecule has 0 aliphatic carbocycles. The minimum absolute atomic E-state index is 0.390. The van der Waals surface area contributed by atoms with Gasteiger partial charge in [-0.05, 0) is 18.5 Å². The number of ether oxygens (including phenoxy) is 1. The molecule has 3 heterocycles. The summed E-state index contributed by atoms with van der Waals surface area (Å²) in [5, 5.41) is 12.2. The third-order valence-corrected chi connectivity index (χ3v) is 9.24. The molecular formula is C14H16Cl2FN4O13P3. The molecule has 37 heavy (non-hydrogen) atoms. The van der Waals surface area contributed by atoms with Crippen molar-refractivity contribution in [3.63, 3.8) is 0 Å². The van der Waals surface area contributed by atoms with Crippen LogP contribution in [0, 0.1) is 17.1 Å². The van der Waals surface area contributed by atoms with Crippen LogP contribution in [0.25, 0.3) is 11.0 Å². The van der Waals surface area contributed by atoms with Gasteiger partial charge in [0.2, 0.25) is 5.95 Å². The maximum absolute atomic E-state index is 14.6. The molecule has 0 saturated carbocycles. The lowest BCUT2D eigenvalue weighted by atomic mass is 9.97. The Morgan fingerprint density at radius 3 is 2.49 bits per heavy atom. The summed E-state index contributed by atoms with van der Waals surface area (Å²) in [7, 11) is -17.1. The lowest BCUT2D eigenvalue weighted by Crippen LogP contribution is -2.43. The first kappa shape index (κ1) is 30.2. The van der Waals surface area contributed by atoms with Gasteiger partial charge in [-0.25, -0.2) is 18.1 Å². The highest BCUT2D eigenvalue weighted by Gasteiger charge is 2.58. The second-order valence-corrected chi connectivity index (χ2v) is 12.5. The molecule has 8 N–H and O–H groups in total. The number of aliphatic hydroxyl groups is 1. The van der Waals surface area contributed by atoms with Crippen LogP contribution in [0.3, 0.4) is 0 Å². The standard InChI is InChI=1S/C14H16Cl2FN4O13P3/c1-5(32-36(27,28)34-37(29,30)33-35(24,25)26)8-9(22)14(16,2-3-15)12(31-8)21-4-6(17)7-10(21)19-13(18)20-11(7)23/h4-5,8-9,12,22H,1H3,(H,27,28)(H,29,30)(H2,24,25,26)(H3,18,19,20,23)/t5-,8-,9+,12-,14?/m1/s1. The summed E-state index contributed by atoms with van der Waals surface area (Å²) < 4.78 is 67.5. The number of nitrogens with two attached hydrogens (primary N) is 1. The van der Waals surface area contributed by atoms with E-state index in [9.17, 15) is 37.8 Å². The van der Waals surface area contributed by atoms with Crippen LogP contribution in [-0.2, 0) is 31.6 Å². The number of H-pyrrole nitrogens is 1. The van der Waals surface area contributed by atoms with Crippen molar-refractivity contribution in [3.8, 4) is 11.3 Å². The number of anilines is 1. The van der Waals surface area contributed by atoms with Gasteiger partial charge in [-0.1, -0.05) is 17.5 Å². The highest BCUT2D eigenvalue weighted by Crippen LogP contribution is 2.66. The number of phosphoric ester groups is 1. The Morgan fingerprint density at radius 1 is 1.30 bits per heavy atom. The number of alkyl halides is 1. The minimum Gasteiger partial charge on any atom is -0.387 e. The van der Waals surface area contributed by atoms with Crippen molar-refractivity contribution in [2.75, 3.05) is 5.73 Å². The zero-order valence-corrected chi connectivity index (χ0v) is 22.0. The Kier molecular flexibility index (Phi) is 8.40. The second-order valence-electron chi connectivity index (χ2n) is 7.32. The number of aliphatic hydroxyl groups excluding tert-OH is 1. The average Bonchev–Trinajstić information content (AvgIpc) is 3.13. The van der Waals surface area contributed by atoms with E-state index >= 15 is 0 Å². The summed E-state index contributed by atoms with van der Waals surface area (Å²) in [6.45, 7) is 0.995. The highest BCUT2D eigenvalue weighted by atomic mass is 35.5. The third kappa shape index (κ3) is 6.44. The van der Waals surface area contributed by atoms with Crippen LogP contribution in [0.2, 0.25) is 0 Å². The maximum atomic E-state index is 14.6. The van der Waals surface area contributed by atoms with E-state index in [1.165, 1.54) is 0 Å². The summed E-state index contributed by atoms with van der Waals surface area (Å²) in [5.74, 6) is 0.729. The molecule has 17 nitrogen and oxygen atoms in total. The summed E-state index contributed by atoms with van der Waals surface area (Å²) >= 11 is 11.9. The number of hydrogen-bond donors (Lipinski definition) is 7. The van der Waals surface area contributed by atoms with Crippen molar-refractivity contribution in [3.05, 3.63) is 22.4 Å². The van der Waals surface area contributed by atoms with Crippen molar-refractivity contribution in [2.24, 2.45) is 0 Å². The van der Waals surface area contributed by atoms with E-state index in [-0.39, 0.29) is 0 Å². The SMILES string of the molecule is C[C@@H](OP(=O)(O)OP(=O)(O)OP(=O)(O)O)[C@H]1O[C@@H](n2cc(F)c3c(=O)[nH]c(N)nc32)C(Cl)(C#CCl)[C@H]1O. The van der Waals surface area contributed by atoms with Gasteiger partial charge in [0.15, 0.2) is 22.6 Å². The van der Waals surface area contributed by atoms with E-state index in [0.29, 0.717) is 0 Å². The largest absolute Gasteiger partial charge is 0.490 e. The van der Waals surface area contributed by atoms with Crippen LogP contribution in [-0.4, -0.2) is 62.4 Å². The zero-order valence-electron chi connectivity index (χ0n) is 17.8. The molecular weight excluding hydrogens is 615 g/mol. The monoisotopic (exact) mass is 630 g/mol. The first-order chi connectivity index (χ1) is 16.8. The number of fused-ring (bicyclic) bond motifs is 1. The maximum Gasteiger partial charge on any atom is 0.490 e. The Bertz CT molecular complexity index is 1490. The fraction of sp³-hybridized carbons (Fsp3) is 0.429. The predicted molar refractivity (Wildman–Crippen MR) is 121 cm³/mol. The number of aromatic amines is 1. The summed E-state index contributed by atoms with van der Waals surface area (Å²) in [5.41, 5.74) is 4.17. The molecule has 2 aromatic rings. The van der Waals surface area contributed by atoms with Gasteiger partial charge in [0.1, 0.15) is 17.6 Å². The van der Waals surface area contributed by atoms with E-state index in [0.717, 1.165) is 17.7 Å². The van der Waals surface area contributed by atoms with Gasteiger partial charge in [-0.15, -0.1) is 0 Å². The number of nitrogen functional groups attached to an aromatic ring is 1. The van der Waals surface area contributed by atoms with Gasteiger partial charge in [-0.3, -0.25) is 18.9 Å². The fourth-order valence-corrected chi connectivity index (χ4v) is 7.16. The van der Waals surface area contributed by atoms with E-state index in [1.807, 2.05) is 5.38 Å². The molecule has 23 heteroatoms. The van der Waals surface area contributed by atoms with Crippen molar-refractivity contribution in [2.45, 2.75) is 36.3 Å². The van der Waals surface area contributed by atoms with Gasteiger partial charge in [0.25, 0.3) is 5.56 Å². The van der Waals surface area contributed by atoms with Gasteiger partial charge < -0.3 is 35.2 Å². The van der Waals surface area contributed by atoms with Gasteiger partial charge in [0, 0.05) is 11.6 Å². The Labute approximate surface area is 214 Å². The molecule has 7 atom stereocenters. The molecule has 1 aliphatic rings. The highest BCUT2D eigenvalue weighted by molar-refractivity contribution is 7.66. The molecule has 0 spiro atoms. The smallest absolute Gasteiger partial charge is 0.387 e. The van der Waals surface area contributed by atoms with Crippen LogP contribution >= 0.6 is 46.7 Å². The van der Waals surface area contributed by atoms with Crippen LogP contribution in [0.5, 0.6) is 0 Å². The number of halogens is 3. The second kappa shape index (κ2) is 10.3. The van der Waals surface area contributed by atoms with Crippen molar-refractivity contribution >= 4 is 63.7 Å². The van der Waals surface area contributed by atoms with Crippen molar-refractivity contribution in [1.82, 2.24) is 14.5 Å². The van der Waals surface area contributed by atoms with Crippen LogP contribution in [0.1, 0.15) is 13.2 Å². The van der Waals surface area contributed by atoms with Gasteiger partial charge in [0.05, 0.1) is 6.10 Å². The molecule has 0 amide bonds. The first-order valence-electron chi connectivity index (χ1n) is 9.33. The first-order valence-corrected chi connectivity index (χ1v) is 14.6. The molecule has 0 bridgehead atoms. The number of nitrogens with zero attached hydrogens (tertiary/aromatic N) is 2. The van der Waals surface area contributed by atoms with Crippen molar-refractivity contribution in [1.29, 1.82) is 0 Å². The zero-order chi connectivity index (χ0) is 28.1. The average molecular weight is 631 g/mol. The predicted octanol–water partition coefficient (Wildman–Crippen LogP) is 0.613. The van der Waals surface area contributed by atoms with Crippen LogP contribution < -0.4 is 11.3 Å². The molecule has 1 aliphatic heterocycles. The topological polar surface area (TPSA) is 266 Å². The number of nitrogens with one attached hydrogen (secondary N) is 1. The lowest BCUT2D eigenvalue weighted by Gasteiger charge is -2.26. The number of phosphoric acid groups is 3. The third-order valence-electron chi connectivity index (χ3n) is 4.71. The molecule has 3 rings (SSSR count). The van der Waals surface area contributed by atoms with E-state index in [2.05, 4.69) is 29.0 Å². The molecule has 1 fully saturated rings. The summed E-state index contributed by atoms with van der Waals surface area (Å²) in [6, 6.07) is 0. The van der Waals surface area contributed by atoms with E-state index in [1.54, 1.807) is 0 Å². The number of rotatable bonds is 8.